The van der Waals surface area contributed by atoms with Gasteiger partial charge < -0.3 is 10.0 Å². The van der Waals surface area contributed by atoms with Crippen molar-refractivity contribution in [1.82, 2.24) is 10.2 Å². The highest BCUT2D eigenvalue weighted by molar-refractivity contribution is 5.78. The van der Waals surface area contributed by atoms with Gasteiger partial charge in [-0.15, -0.1) is 0 Å². The molecule has 0 heterocycles. The Morgan fingerprint density at radius 1 is 1.50 bits per heavy atom. The molecule has 106 valence electrons. The summed E-state index contributed by atoms with van der Waals surface area (Å²) in [5.74, 6) is 0.0809. The molecular formula is C14H28N2O2. The van der Waals surface area contributed by atoms with Crippen molar-refractivity contribution in [1.29, 1.82) is 0 Å². The molecular weight excluding hydrogens is 228 g/mol. The summed E-state index contributed by atoms with van der Waals surface area (Å²) in [4.78, 5) is 13.6. The van der Waals surface area contributed by atoms with E-state index >= 15 is 0 Å². The molecule has 0 amide bonds. The summed E-state index contributed by atoms with van der Waals surface area (Å²) in [5.41, 5.74) is -0.817. The van der Waals surface area contributed by atoms with E-state index < -0.39 is 11.5 Å². The highest BCUT2D eigenvalue weighted by Gasteiger charge is 2.33. The van der Waals surface area contributed by atoms with Gasteiger partial charge in [-0.2, -0.15) is 0 Å². The van der Waals surface area contributed by atoms with E-state index in [9.17, 15) is 9.90 Å². The summed E-state index contributed by atoms with van der Waals surface area (Å²) in [7, 11) is 2.09. The monoisotopic (exact) mass is 256 g/mol. The van der Waals surface area contributed by atoms with Crippen LogP contribution < -0.4 is 5.32 Å². The fourth-order valence-electron chi connectivity index (χ4n) is 2.50. The average Bonchev–Trinajstić information content (AvgIpc) is 2.19. The molecule has 1 aliphatic carbocycles. The molecule has 0 aliphatic heterocycles. The first kappa shape index (κ1) is 15.4. The van der Waals surface area contributed by atoms with Crippen molar-refractivity contribution in [3.8, 4) is 0 Å². The molecule has 1 unspecified atom stereocenters. The number of hydrogen-bond acceptors (Lipinski definition) is 3. The summed E-state index contributed by atoms with van der Waals surface area (Å²) in [6.45, 7) is 7.70. The van der Waals surface area contributed by atoms with E-state index in [4.69, 9.17) is 0 Å². The molecule has 0 aromatic carbocycles. The van der Waals surface area contributed by atoms with Crippen molar-refractivity contribution < 1.29 is 9.90 Å². The number of hydrogen-bond donors (Lipinski definition) is 2. The van der Waals surface area contributed by atoms with E-state index in [1.807, 2.05) is 13.8 Å². The van der Waals surface area contributed by atoms with Crippen LogP contribution in [-0.2, 0) is 4.79 Å². The zero-order valence-electron chi connectivity index (χ0n) is 12.2. The number of carboxylic acids is 1. The maximum absolute atomic E-state index is 11.4. The van der Waals surface area contributed by atoms with Crippen molar-refractivity contribution in [3.63, 3.8) is 0 Å². The fourth-order valence-corrected chi connectivity index (χ4v) is 2.50. The zero-order valence-corrected chi connectivity index (χ0v) is 12.2. The summed E-state index contributed by atoms with van der Waals surface area (Å²) < 4.78 is 0. The van der Waals surface area contributed by atoms with Crippen molar-refractivity contribution in [3.05, 3.63) is 0 Å². The Balaban J connectivity index is 2.38. The first-order valence-corrected chi connectivity index (χ1v) is 7.03. The molecule has 1 fully saturated rings. The minimum Gasteiger partial charge on any atom is -0.480 e. The van der Waals surface area contributed by atoms with E-state index in [-0.39, 0.29) is 6.04 Å². The Morgan fingerprint density at radius 2 is 2.11 bits per heavy atom. The van der Waals surface area contributed by atoms with Crippen LogP contribution in [0.2, 0.25) is 0 Å². The Labute approximate surface area is 111 Å². The summed E-state index contributed by atoms with van der Waals surface area (Å²) >= 11 is 0. The SMILES string of the molecule is CC(C)NC(C)(CCN(C)CC1CCC1)C(=O)O. The predicted octanol–water partition coefficient (Wildman–Crippen LogP) is 1.95. The number of carbonyl (C=O) groups is 1. The molecule has 1 atom stereocenters. The number of nitrogens with zero attached hydrogens (tertiary/aromatic N) is 1. The molecule has 4 heteroatoms. The van der Waals surface area contributed by atoms with Gasteiger partial charge in [0.1, 0.15) is 5.54 Å². The molecule has 0 aromatic rings. The van der Waals surface area contributed by atoms with Crippen molar-refractivity contribution in [2.75, 3.05) is 20.1 Å². The molecule has 0 saturated heterocycles. The molecule has 0 aromatic heterocycles. The van der Waals surface area contributed by atoms with Gasteiger partial charge in [0.25, 0.3) is 0 Å². The zero-order chi connectivity index (χ0) is 13.8. The van der Waals surface area contributed by atoms with Crippen LogP contribution in [0.5, 0.6) is 0 Å². The van der Waals surface area contributed by atoms with Crippen molar-refractivity contribution in [2.45, 2.75) is 58.0 Å². The topological polar surface area (TPSA) is 52.6 Å². The highest BCUT2D eigenvalue weighted by Crippen LogP contribution is 2.27. The van der Waals surface area contributed by atoms with E-state index in [1.54, 1.807) is 6.92 Å². The van der Waals surface area contributed by atoms with Gasteiger partial charge in [0.15, 0.2) is 0 Å². The third-order valence-electron chi connectivity index (χ3n) is 3.87. The molecule has 0 radical (unpaired) electrons. The van der Waals surface area contributed by atoms with Crippen LogP contribution in [0, 0.1) is 5.92 Å². The Hall–Kier alpha value is -0.610. The van der Waals surface area contributed by atoms with Gasteiger partial charge in [-0.3, -0.25) is 10.1 Å². The fraction of sp³-hybridized carbons (Fsp3) is 0.929. The van der Waals surface area contributed by atoms with Gasteiger partial charge in [0, 0.05) is 19.1 Å². The molecule has 0 spiro atoms. The van der Waals surface area contributed by atoms with Gasteiger partial charge in [-0.25, -0.2) is 0 Å². The average molecular weight is 256 g/mol. The van der Waals surface area contributed by atoms with Crippen LogP contribution in [0.1, 0.15) is 46.5 Å². The van der Waals surface area contributed by atoms with Gasteiger partial charge in [-0.05, 0) is 53.0 Å². The number of aliphatic carboxylic acids is 1. The van der Waals surface area contributed by atoms with E-state index in [0.29, 0.717) is 6.42 Å². The maximum Gasteiger partial charge on any atom is 0.323 e. The van der Waals surface area contributed by atoms with Crippen LogP contribution in [0.3, 0.4) is 0 Å². The summed E-state index contributed by atoms with van der Waals surface area (Å²) in [5, 5.41) is 12.5. The second-order valence-electron chi connectivity index (χ2n) is 6.25. The second-order valence-corrected chi connectivity index (χ2v) is 6.25. The van der Waals surface area contributed by atoms with Gasteiger partial charge in [0.05, 0.1) is 0 Å². The molecule has 4 nitrogen and oxygen atoms in total. The largest absolute Gasteiger partial charge is 0.480 e. The first-order valence-electron chi connectivity index (χ1n) is 7.03. The molecule has 0 bridgehead atoms. The normalized spacial score (nSPS) is 19.9. The van der Waals surface area contributed by atoms with Crippen LogP contribution in [-0.4, -0.2) is 47.7 Å². The third kappa shape index (κ3) is 4.58. The lowest BCUT2D eigenvalue weighted by molar-refractivity contribution is -0.144. The van der Waals surface area contributed by atoms with Crippen LogP contribution in [0.25, 0.3) is 0 Å². The van der Waals surface area contributed by atoms with E-state index in [2.05, 4.69) is 17.3 Å². The third-order valence-corrected chi connectivity index (χ3v) is 3.87. The Bertz CT molecular complexity index is 277. The summed E-state index contributed by atoms with van der Waals surface area (Å²) in [6, 6.07) is 0.183. The lowest BCUT2D eigenvalue weighted by Crippen LogP contribution is -2.53. The Kier molecular flexibility index (Phi) is 5.60. The second kappa shape index (κ2) is 6.53. The van der Waals surface area contributed by atoms with Crippen LogP contribution in [0.4, 0.5) is 0 Å². The molecule has 1 saturated carbocycles. The smallest absolute Gasteiger partial charge is 0.323 e. The lowest BCUT2D eigenvalue weighted by Gasteiger charge is -2.33. The first-order chi connectivity index (χ1) is 8.33. The lowest BCUT2D eigenvalue weighted by atomic mass is 9.85. The van der Waals surface area contributed by atoms with Crippen molar-refractivity contribution >= 4 is 5.97 Å². The van der Waals surface area contributed by atoms with Crippen molar-refractivity contribution in [2.24, 2.45) is 5.92 Å². The van der Waals surface area contributed by atoms with Gasteiger partial charge >= 0.3 is 5.97 Å². The number of rotatable bonds is 8. The van der Waals surface area contributed by atoms with Gasteiger partial charge in [-0.1, -0.05) is 6.42 Å². The van der Waals surface area contributed by atoms with Crippen LogP contribution in [0.15, 0.2) is 0 Å². The summed E-state index contributed by atoms with van der Waals surface area (Å²) in [6.07, 6.45) is 4.68. The van der Waals surface area contributed by atoms with Crippen LogP contribution >= 0.6 is 0 Å². The maximum atomic E-state index is 11.4. The molecule has 1 aliphatic rings. The Morgan fingerprint density at radius 3 is 2.50 bits per heavy atom. The van der Waals surface area contributed by atoms with E-state index in [0.717, 1.165) is 19.0 Å². The highest BCUT2D eigenvalue weighted by atomic mass is 16.4. The molecule has 1 rings (SSSR count). The molecule has 18 heavy (non-hydrogen) atoms. The predicted molar refractivity (Wildman–Crippen MR) is 73.8 cm³/mol. The molecule has 2 N–H and O–H groups in total. The van der Waals surface area contributed by atoms with Gasteiger partial charge in [0.2, 0.25) is 0 Å². The number of nitrogens with one attached hydrogen (secondary N) is 1. The minimum absolute atomic E-state index is 0.183. The number of carboxylic acid groups (broad SMARTS) is 1. The van der Waals surface area contributed by atoms with E-state index in [1.165, 1.54) is 19.3 Å². The standard InChI is InChI=1S/C14H28N2O2/c1-11(2)15-14(3,13(17)18)8-9-16(4)10-12-6-5-7-12/h11-12,15H,5-10H2,1-4H3,(H,17,18). The minimum atomic E-state index is -0.817. The quantitative estimate of drug-likeness (QED) is 0.697.